The summed E-state index contributed by atoms with van der Waals surface area (Å²) in [4.78, 5) is 14.9. The fourth-order valence-corrected chi connectivity index (χ4v) is 3.80. The number of aryl methyl sites for hydroxylation is 1. The summed E-state index contributed by atoms with van der Waals surface area (Å²) in [6, 6.07) is 6.70. The molecule has 24 heavy (non-hydrogen) atoms. The number of nitrogens with zero attached hydrogens (tertiary/aromatic N) is 5. The molecule has 2 aromatic heterocycles. The summed E-state index contributed by atoms with van der Waals surface area (Å²) in [6.45, 7) is 7.43. The molecule has 0 spiro atoms. The zero-order valence-corrected chi connectivity index (χ0v) is 14.7. The quantitative estimate of drug-likeness (QED) is 0.705. The van der Waals surface area contributed by atoms with Crippen molar-refractivity contribution < 1.29 is 8.42 Å². The summed E-state index contributed by atoms with van der Waals surface area (Å²) in [5.41, 5.74) is 1.76. The monoisotopic (exact) mass is 345 g/mol. The predicted molar refractivity (Wildman–Crippen MR) is 92.6 cm³/mol. The maximum atomic E-state index is 12.9. The van der Waals surface area contributed by atoms with Gasteiger partial charge in [-0.05, 0) is 32.9 Å². The van der Waals surface area contributed by atoms with Crippen LogP contribution in [0.15, 0.2) is 41.8 Å². The predicted octanol–water partition coefficient (Wildman–Crippen LogP) is 2.22. The minimum absolute atomic E-state index is 0.204. The lowest BCUT2D eigenvalue weighted by molar-refractivity contribution is 0.588. The molecule has 126 valence electrons. The topological polar surface area (TPSA) is 81.0 Å². The molecule has 0 bridgehead atoms. The van der Waals surface area contributed by atoms with E-state index in [4.69, 9.17) is 0 Å². The fourth-order valence-electron chi connectivity index (χ4n) is 2.56. The molecule has 7 nitrogen and oxygen atoms in total. The standard InChI is InChI=1S/C16H19N5O2S/c1-4-20(5-2)15-14-16(18-10-17-15)21(11-19-14)24(22,23)13-8-6-12(3)7-9-13/h6-11H,4-5H2,1-3H3. The minimum atomic E-state index is -3.75. The van der Waals surface area contributed by atoms with Crippen molar-refractivity contribution in [2.24, 2.45) is 0 Å². The van der Waals surface area contributed by atoms with E-state index in [1.807, 2.05) is 25.7 Å². The van der Waals surface area contributed by atoms with Gasteiger partial charge in [-0.3, -0.25) is 0 Å². The zero-order chi connectivity index (χ0) is 17.3. The molecule has 0 saturated carbocycles. The van der Waals surface area contributed by atoms with Gasteiger partial charge in [-0.15, -0.1) is 0 Å². The number of benzene rings is 1. The molecule has 0 radical (unpaired) electrons. The minimum Gasteiger partial charge on any atom is -0.355 e. The summed E-state index contributed by atoms with van der Waals surface area (Å²) in [5, 5.41) is 0. The Bertz CT molecular complexity index is 960. The summed E-state index contributed by atoms with van der Waals surface area (Å²) in [7, 11) is -3.75. The number of imidazole rings is 1. The normalized spacial score (nSPS) is 11.8. The van der Waals surface area contributed by atoms with E-state index in [0.717, 1.165) is 22.6 Å². The molecule has 8 heteroatoms. The maximum Gasteiger partial charge on any atom is 0.270 e. The first-order valence-corrected chi connectivity index (χ1v) is 9.18. The third-order valence-electron chi connectivity index (χ3n) is 3.92. The number of hydrogen-bond acceptors (Lipinski definition) is 6. The molecular weight excluding hydrogens is 326 g/mol. The van der Waals surface area contributed by atoms with Gasteiger partial charge >= 0.3 is 0 Å². The molecule has 0 amide bonds. The summed E-state index contributed by atoms with van der Waals surface area (Å²) in [5.74, 6) is 0.642. The summed E-state index contributed by atoms with van der Waals surface area (Å²) >= 11 is 0. The van der Waals surface area contributed by atoms with E-state index >= 15 is 0 Å². The first kappa shape index (κ1) is 16.4. The van der Waals surface area contributed by atoms with Crippen molar-refractivity contribution in [2.45, 2.75) is 25.7 Å². The number of hydrogen-bond donors (Lipinski definition) is 0. The van der Waals surface area contributed by atoms with E-state index < -0.39 is 10.0 Å². The number of aromatic nitrogens is 4. The highest BCUT2D eigenvalue weighted by Crippen LogP contribution is 2.24. The molecule has 0 unspecified atom stereocenters. The second-order valence-electron chi connectivity index (χ2n) is 5.40. The largest absolute Gasteiger partial charge is 0.355 e. The van der Waals surface area contributed by atoms with E-state index in [2.05, 4.69) is 15.0 Å². The lowest BCUT2D eigenvalue weighted by atomic mass is 10.2. The Morgan fingerprint density at radius 3 is 2.33 bits per heavy atom. The lowest BCUT2D eigenvalue weighted by Gasteiger charge is -2.19. The zero-order valence-electron chi connectivity index (χ0n) is 13.8. The van der Waals surface area contributed by atoms with Crippen LogP contribution in [0.2, 0.25) is 0 Å². The van der Waals surface area contributed by atoms with Crippen molar-refractivity contribution in [1.29, 1.82) is 0 Å². The van der Waals surface area contributed by atoms with Crippen LogP contribution in [-0.4, -0.2) is 40.4 Å². The smallest absolute Gasteiger partial charge is 0.270 e. The number of fused-ring (bicyclic) bond motifs is 1. The van der Waals surface area contributed by atoms with Crippen LogP contribution in [0.5, 0.6) is 0 Å². The van der Waals surface area contributed by atoms with Crippen molar-refractivity contribution in [3.63, 3.8) is 0 Å². The first-order chi connectivity index (χ1) is 11.5. The Kier molecular flexibility index (Phi) is 4.23. The van der Waals surface area contributed by atoms with E-state index in [0.29, 0.717) is 11.3 Å². The van der Waals surface area contributed by atoms with Gasteiger partial charge in [0.1, 0.15) is 12.7 Å². The van der Waals surface area contributed by atoms with Crippen LogP contribution < -0.4 is 4.90 Å². The van der Waals surface area contributed by atoms with Crippen LogP contribution in [0.4, 0.5) is 5.82 Å². The highest BCUT2D eigenvalue weighted by Gasteiger charge is 2.23. The van der Waals surface area contributed by atoms with E-state index in [1.165, 1.54) is 12.7 Å². The SMILES string of the molecule is CCN(CC)c1ncnc2c1ncn2S(=O)(=O)c1ccc(C)cc1. The highest BCUT2D eigenvalue weighted by atomic mass is 32.2. The summed E-state index contributed by atoms with van der Waals surface area (Å²) < 4.78 is 26.9. The van der Waals surface area contributed by atoms with Gasteiger partial charge in [0, 0.05) is 13.1 Å². The summed E-state index contributed by atoms with van der Waals surface area (Å²) in [6.07, 6.45) is 2.67. The molecule has 0 N–H and O–H groups in total. The van der Waals surface area contributed by atoms with Gasteiger partial charge in [0.15, 0.2) is 17.0 Å². The Labute approximate surface area is 141 Å². The van der Waals surface area contributed by atoms with Gasteiger partial charge in [-0.2, -0.15) is 0 Å². The number of anilines is 1. The van der Waals surface area contributed by atoms with E-state index in [-0.39, 0.29) is 10.5 Å². The Morgan fingerprint density at radius 1 is 1.04 bits per heavy atom. The molecule has 3 aromatic rings. The molecule has 0 aliphatic rings. The molecule has 0 atom stereocenters. The molecule has 0 saturated heterocycles. The molecule has 1 aromatic carbocycles. The first-order valence-electron chi connectivity index (χ1n) is 7.74. The number of rotatable bonds is 5. The Hall–Kier alpha value is -2.48. The van der Waals surface area contributed by atoms with Crippen molar-refractivity contribution in [1.82, 2.24) is 18.9 Å². The van der Waals surface area contributed by atoms with Crippen LogP contribution in [0.3, 0.4) is 0 Å². The lowest BCUT2D eigenvalue weighted by Crippen LogP contribution is -2.23. The maximum absolute atomic E-state index is 12.9. The third kappa shape index (κ3) is 2.62. The van der Waals surface area contributed by atoms with Crippen molar-refractivity contribution in [2.75, 3.05) is 18.0 Å². The second-order valence-corrected chi connectivity index (χ2v) is 7.22. The van der Waals surface area contributed by atoms with E-state index in [1.54, 1.807) is 24.3 Å². The van der Waals surface area contributed by atoms with Gasteiger partial charge in [0.05, 0.1) is 4.90 Å². The van der Waals surface area contributed by atoms with Crippen LogP contribution >= 0.6 is 0 Å². The Balaban J connectivity index is 2.18. The molecule has 0 aliphatic heterocycles. The molecule has 0 aliphatic carbocycles. The van der Waals surface area contributed by atoms with Crippen LogP contribution in [0.25, 0.3) is 11.2 Å². The van der Waals surface area contributed by atoms with Gasteiger partial charge < -0.3 is 4.90 Å². The van der Waals surface area contributed by atoms with Gasteiger partial charge in [-0.25, -0.2) is 27.3 Å². The van der Waals surface area contributed by atoms with Crippen molar-refractivity contribution in [3.8, 4) is 0 Å². The molecule has 0 fully saturated rings. The Morgan fingerprint density at radius 2 is 1.71 bits per heavy atom. The molecule has 2 heterocycles. The van der Waals surface area contributed by atoms with Crippen LogP contribution in [-0.2, 0) is 10.0 Å². The van der Waals surface area contributed by atoms with Gasteiger partial charge in [-0.1, -0.05) is 17.7 Å². The average Bonchev–Trinajstić information content (AvgIpc) is 3.02. The molecule has 3 rings (SSSR count). The van der Waals surface area contributed by atoms with Crippen molar-refractivity contribution in [3.05, 3.63) is 42.5 Å². The van der Waals surface area contributed by atoms with Gasteiger partial charge in [0.25, 0.3) is 10.0 Å². The second kappa shape index (κ2) is 6.20. The van der Waals surface area contributed by atoms with Crippen LogP contribution in [0.1, 0.15) is 19.4 Å². The van der Waals surface area contributed by atoms with Crippen LogP contribution in [0, 0.1) is 6.92 Å². The van der Waals surface area contributed by atoms with Gasteiger partial charge in [0.2, 0.25) is 0 Å². The average molecular weight is 345 g/mol. The highest BCUT2D eigenvalue weighted by molar-refractivity contribution is 7.90. The van der Waals surface area contributed by atoms with E-state index in [9.17, 15) is 8.42 Å². The molecular formula is C16H19N5O2S. The van der Waals surface area contributed by atoms with Crippen molar-refractivity contribution >= 4 is 27.0 Å². The fraction of sp³-hybridized carbons (Fsp3) is 0.312. The third-order valence-corrected chi connectivity index (χ3v) is 5.58.